The lowest BCUT2D eigenvalue weighted by Gasteiger charge is -2.25. The van der Waals surface area contributed by atoms with E-state index in [0.717, 1.165) is 24.7 Å². The van der Waals surface area contributed by atoms with Gasteiger partial charge < -0.3 is 14.5 Å². The van der Waals surface area contributed by atoms with Crippen molar-refractivity contribution in [1.82, 2.24) is 9.97 Å². The summed E-state index contributed by atoms with van der Waals surface area (Å²) >= 11 is 0. The minimum atomic E-state index is -4.59. The van der Waals surface area contributed by atoms with Crippen molar-refractivity contribution in [3.8, 4) is 5.75 Å². The summed E-state index contributed by atoms with van der Waals surface area (Å²) in [6, 6.07) is 14.7. The molecule has 0 bridgehead atoms. The monoisotopic (exact) mass is 458 g/mol. The van der Waals surface area contributed by atoms with Gasteiger partial charge in [-0.2, -0.15) is 18.2 Å². The van der Waals surface area contributed by atoms with E-state index in [4.69, 9.17) is 4.74 Å². The Labute approximate surface area is 192 Å². The lowest BCUT2D eigenvalue weighted by atomic mass is 10.1. The van der Waals surface area contributed by atoms with Crippen molar-refractivity contribution in [3.63, 3.8) is 0 Å². The Morgan fingerprint density at radius 1 is 0.909 bits per heavy atom. The highest BCUT2D eigenvalue weighted by Gasteiger charge is 2.37. The van der Waals surface area contributed by atoms with Crippen molar-refractivity contribution >= 4 is 23.1 Å². The summed E-state index contributed by atoms with van der Waals surface area (Å²) in [6.45, 7) is 5.93. The Morgan fingerprint density at radius 2 is 1.48 bits per heavy atom. The van der Waals surface area contributed by atoms with Crippen molar-refractivity contribution in [2.75, 3.05) is 23.9 Å². The number of aromatic nitrogens is 2. The minimum absolute atomic E-state index is 0.00131. The van der Waals surface area contributed by atoms with Crippen LogP contribution in [0.25, 0.3) is 0 Å². The van der Waals surface area contributed by atoms with Crippen molar-refractivity contribution in [3.05, 3.63) is 65.9 Å². The predicted molar refractivity (Wildman–Crippen MR) is 126 cm³/mol. The van der Waals surface area contributed by atoms with Gasteiger partial charge in [-0.1, -0.05) is 25.5 Å². The van der Waals surface area contributed by atoms with Gasteiger partial charge in [-0.05, 0) is 62.2 Å². The molecule has 1 aromatic heterocycles. The third-order valence-electron chi connectivity index (χ3n) is 5.14. The SMILES string of the molecule is CCCc1ccc(N(C)c2ncc(C(F)(F)F)c(N(C)c3ccc(OC(C)C)cc3)n2)cc1. The third kappa shape index (κ3) is 5.94. The van der Waals surface area contributed by atoms with Gasteiger partial charge in [-0.25, -0.2) is 4.98 Å². The molecule has 0 aliphatic rings. The Bertz CT molecular complexity index is 1050. The van der Waals surface area contributed by atoms with Gasteiger partial charge in [0.05, 0.1) is 6.10 Å². The maximum atomic E-state index is 13.8. The number of nitrogens with zero attached hydrogens (tertiary/aromatic N) is 4. The summed E-state index contributed by atoms with van der Waals surface area (Å²) in [5, 5.41) is 0. The van der Waals surface area contributed by atoms with E-state index >= 15 is 0 Å². The van der Waals surface area contributed by atoms with Crippen LogP contribution in [0, 0.1) is 0 Å². The molecule has 0 aliphatic heterocycles. The second kappa shape index (κ2) is 10.1. The Morgan fingerprint density at radius 3 is 2.03 bits per heavy atom. The number of alkyl halides is 3. The maximum Gasteiger partial charge on any atom is 0.421 e. The molecular formula is C25H29F3N4O. The fraction of sp³-hybridized carbons (Fsp3) is 0.360. The van der Waals surface area contributed by atoms with E-state index < -0.39 is 11.7 Å². The summed E-state index contributed by atoms with van der Waals surface area (Å²) in [6.07, 6.45) is -1.74. The molecule has 0 fully saturated rings. The number of aryl methyl sites for hydroxylation is 1. The lowest BCUT2D eigenvalue weighted by molar-refractivity contribution is -0.137. The topological polar surface area (TPSA) is 41.5 Å². The normalized spacial score (nSPS) is 11.5. The predicted octanol–water partition coefficient (Wildman–Crippen LogP) is 6.77. The summed E-state index contributed by atoms with van der Waals surface area (Å²) in [5.41, 5.74) is 1.64. The number of rotatable bonds is 8. The summed E-state index contributed by atoms with van der Waals surface area (Å²) < 4.78 is 46.9. The molecule has 0 atom stereocenters. The molecule has 0 saturated heterocycles. The number of hydrogen-bond donors (Lipinski definition) is 0. The summed E-state index contributed by atoms with van der Waals surface area (Å²) in [7, 11) is 3.29. The number of benzene rings is 2. The van der Waals surface area contributed by atoms with Crippen LogP contribution in [0.5, 0.6) is 5.75 Å². The van der Waals surface area contributed by atoms with Crippen LogP contribution in [0.3, 0.4) is 0 Å². The minimum Gasteiger partial charge on any atom is -0.491 e. The Hall–Kier alpha value is -3.29. The fourth-order valence-electron chi connectivity index (χ4n) is 3.41. The second-order valence-electron chi connectivity index (χ2n) is 8.10. The number of halogens is 3. The van der Waals surface area contributed by atoms with Crippen LogP contribution >= 0.6 is 0 Å². The molecule has 2 aromatic carbocycles. The largest absolute Gasteiger partial charge is 0.491 e. The molecule has 5 nitrogen and oxygen atoms in total. The summed E-state index contributed by atoms with van der Waals surface area (Å²) in [5.74, 6) is 0.597. The van der Waals surface area contributed by atoms with E-state index in [2.05, 4.69) is 16.9 Å². The zero-order valence-electron chi connectivity index (χ0n) is 19.5. The van der Waals surface area contributed by atoms with Gasteiger partial charge in [0, 0.05) is 31.7 Å². The van der Waals surface area contributed by atoms with Crippen LogP contribution in [0.4, 0.5) is 36.3 Å². The molecule has 0 amide bonds. The van der Waals surface area contributed by atoms with Crippen LogP contribution < -0.4 is 14.5 Å². The molecule has 0 aliphatic carbocycles. The number of hydrogen-bond acceptors (Lipinski definition) is 5. The van der Waals surface area contributed by atoms with Crippen molar-refractivity contribution in [2.45, 2.75) is 45.9 Å². The van der Waals surface area contributed by atoms with Gasteiger partial charge in [0.25, 0.3) is 0 Å². The third-order valence-corrected chi connectivity index (χ3v) is 5.14. The van der Waals surface area contributed by atoms with Crippen LogP contribution in [-0.4, -0.2) is 30.2 Å². The van der Waals surface area contributed by atoms with Gasteiger partial charge in [0.15, 0.2) is 5.82 Å². The molecule has 176 valence electrons. The number of anilines is 4. The molecule has 33 heavy (non-hydrogen) atoms. The smallest absolute Gasteiger partial charge is 0.421 e. The van der Waals surface area contributed by atoms with Crippen LogP contribution in [0.2, 0.25) is 0 Å². The van der Waals surface area contributed by atoms with Gasteiger partial charge in [-0.3, -0.25) is 0 Å². The second-order valence-corrected chi connectivity index (χ2v) is 8.10. The van der Waals surface area contributed by atoms with E-state index in [9.17, 15) is 13.2 Å². The van der Waals surface area contributed by atoms with Crippen molar-refractivity contribution in [1.29, 1.82) is 0 Å². The molecule has 0 spiro atoms. The van der Waals surface area contributed by atoms with E-state index in [1.165, 1.54) is 10.5 Å². The van der Waals surface area contributed by atoms with E-state index in [0.29, 0.717) is 11.4 Å². The highest BCUT2D eigenvalue weighted by molar-refractivity contribution is 5.66. The van der Waals surface area contributed by atoms with Gasteiger partial charge in [-0.15, -0.1) is 0 Å². The first kappa shape index (κ1) is 24.4. The van der Waals surface area contributed by atoms with E-state index in [1.807, 2.05) is 38.1 Å². The molecular weight excluding hydrogens is 429 g/mol. The average Bonchev–Trinajstić information content (AvgIpc) is 2.78. The van der Waals surface area contributed by atoms with Crippen LogP contribution in [0.15, 0.2) is 54.7 Å². The first-order valence-corrected chi connectivity index (χ1v) is 10.9. The first-order chi connectivity index (χ1) is 15.6. The molecule has 0 N–H and O–H groups in total. The summed E-state index contributed by atoms with van der Waals surface area (Å²) in [4.78, 5) is 11.4. The molecule has 0 unspecified atom stereocenters. The van der Waals surface area contributed by atoms with E-state index in [-0.39, 0.29) is 17.9 Å². The van der Waals surface area contributed by atoms with Gasteiger partial charge in [0.2, 0.25) is 5.95 Å². The lowest BCUT2D eigenvalue weighted by Crippen LogP contribution is -2.21. The highest BCUT2D eigenvalue weighted by atomic mass is 19.4. The molecule has 8 heteroatoms. The quantitative estimate of drug-likeness (QED) is 0.373. The van der Waals surface area contributed by atoms with Gasteiger partial charge >= 0.3 is 6.18 Å². The zero-order chi connectivity index (χ0) is 24.2. The Kier molecular flexibility index (Phi) is 7.46. The molecule has 1 heterocycles. The zero-order valence-corrected chi connectivity index (χ0v) is 19.5. The maximum absolute atomic E-state index is 13.8. The molecule has 0 radical (unpaired) electrons. The highest BCUT2D eigenvalue weighted by Crippen LogP contribution is 2.38. The molecule has 3 rings (SSSR count). The molecule has 0 saturated carbocycles. The molecule has 3 aromatic rings. The number of ether oxygens (including phenoxy) is 1. The Balaban J connectivity index is 1.96. The first-order valence-electron chi connectivity index (χ1n) is 10.9. The van der Waals surface area contributed by atoms with Crippen molar-refractivity contribution in [2.24, 2.45) is 0 Å². The van der Waals surface area contributed by atoms with Crippen LogP contribution in [0.1, 0.15) is 38.3 Å². The standard InChI is InChI=1S/C25H29F3N4O/c1-6-7-18-8-10-20(11-9-18)32(5)24-29-16-22(25(26,27)28)23(30-24)31(4)19-12-14-21(15-13-19)33-17(2)3/h8-17H,6-7H2,1-5H3. The van der Waals surface area contributed by atoms with Crippen LogP contribution in [-0.2, 0) is 12.6 Å². The fourth-order valence-corrected chi connectivity index (χ4v) is 3.41. The van der Waals surface area contributed by atoms with Gasteiger partial charge in [0.1, 0.15) is 11.3 Å². The average molecular weight is 459 g/mol. The van der Waals surface area contributed by atoms with E-state index in [1.54, 1.807) is 43.3 Å². The van der Waals surface area contributed by atoms with Crippen molar-refractivity contribution < 1.29 is 17.9 Å².